The van der Waals surface area contributed by atoms with Crippen molar-refractivity contribution in [3.63, 3.8) is 0 Å². The van der Waals surface area contributed by atoms with E-state index in [9.17, 15) is 9.18 Å². The summed E-state index contributed by atoms with van der Waals surface area (Å²) < 4.78 is 15.7. The molecule has 0 bridgehead atoms. The maximum atomic E-state index is 13.9. The van der Waals surface area contributed by atoms with E-state index in [1.165, 1.54) is 12.1 Å². The number of carbonyl (C=O) groups is 1. The molecule has 3 rings (SSSR count). The van der Waals surface area contributed by atoms with Crippen LogP contribution in [0.5, 0.6) is 0 Å². The van der Waals surface area contributed by atoms with Gasteiger partial charge < -0.3 is 10.3 Å². The second kappa shape index (κ2) is 5.97. The average Bonchev–Trinajstić information content (AvgIpc) is 3.10. The van der Waals surface area contributed by atoms with E-state index >= 15 is 0 Å². The second-order valence-electron chi connectivity index (χ2n) is 8.59. The van der Waals surface area contributed by atoms with Gasteiger partial charge in [-0.05, 0) is 39.0 Å². The Hall–Kier alpha value is -2.63. The summed E-state index contributed by atoms with van der Waals surface area (Å²) >= 11 is 0. The highest BCUT2D eigenvalue weighted by atomic mass is 19.1. The van der Waals surface area contributed by atoms with Crippen LogP contribution in [0.1, 0.15) is 57.7 Å². The number of hydrogen-bond acceptors (Lipinski definition) is 2. The van der Waals surface area contributed by atoms with Crippen LogP contribution in [0.15, 0.2) is 30.3 Å². The van der Waals surface area contributed by atoms with E-state index in [0.717, 1.165) is 5.69 Å². The Balaban J connectivity index is 1.97. The molecule has 2 heterocycles. The molecular formula is C20H25FN4O. The third-order valence-corrected chi connectivity index (χ3v) is 4.21. The number of anilines is 1. The normalized spacial score (nSPS) is 12.6. The fraction of sp³-hybridized carbons (Fsp3) is 0.400. The van der Waals surface area contributed by atoms with Gasteiger partial charge in [0.2, 0.25) is 0 Å². The van der Waals surface area contributed by atoms with Gasteiger partial charge in [0.15, 0.2) is 0 Å². The van der Waals surface area contributed by atoms with E-state index in [1.54, 1.807) is 12.1 Å². The molecule has 3 aromatic rings. The molecule has 0 radical (unpaired) electrons. The van der Waals surface area contributed by atoms with Crippen LogP contribution in [-0.4, -0.2) is 20.7 Å². The number of aromatic nitrogens is 3. The first kappa shape index (κ1) is 18.2. The molecule has 0 fully saturated rings. The van der Waals surface area contributed by atoms with Crippen LogP contribution < -0.4 is 5.32 Å². The highest BCUT2D eigenvalue weighted by Gasteiger charge is 2.26. The van der Waals surface area contributed by atoms with E-state index in [1.807, 2.05) is 31.5 Å². The van der Waals surface area contributed by atoms with Gasteiger partial charge in [-0.3, -0.25) is 4.79 Å². The summed E-state index contributed by atoms with van der Waals surface area (Å²) in [7, 11) is 0. The van der Waals surface area contributed by atoms with Crippen LogP contribution in [-0.2, 0) is 11.0 Å². The van der Waals surface area contributed by atoms with E-state index in [-0.39, 0.29) is 22.7 Å². The Kier molecular flexibility index (Phi) is 4.17. The van der Waals surface area contributed by atoms with E-state index < -0.39 is 0 Å². The highest BCUT2D eigenvalue weighted by Crippen LogP contribution is 2.28. The van der Waals surface area contributed by atoms with Crippen molar-refractivity contribution in [2.24, 2.45) is 0 Å². The zero-order valence-corrected chi connectivity index (χ0v) is 16.1. The number of carbonyl (C=O) groups excluding carboxylic acids is 1. The minimum atomic E-state index is -0.354. The molecule has 0 aliphatic heterocycles. The second-order valence-corrected chi connectivity index (χ2v) is 8.59. The lowest BCUT2D eigenvalue weighted by Crippen LogP contribution is -2.27. The van der Waals surface area contributed by atoms with E-state index in [0.29, 0.717) is 22.4 Å². The molecule has 0 unspecified atom stereocenters. The summed E-state index contributed by atoms with van der Waals surface area (Å²) in [4.78, 5) is 15.7. The number of fused-ring (bicyclic) bond motifs is 1. The minimum Gasteiger partial charge on any atom is -0.350 e. The SMILES string of the molecule is CC(C)(C)c1cc(NC(=O)c2cc3c(F)cccc3[nH]2)n(C(C)(C)C)n1. The summed E-state index contributed by atoms with van der Waals surface area (Å²) in [5, 5.41) is 8.00. The fourth-order valence-electron chi connectivity index (χ4n) is 2.77. The summed E-state index contributed by atoms with van der Waals surface area (Å²) in [6.07, 6.45) is 0. The Morgan fingerprint density at radius 3 is 2.42 bits per heavy atom. The molecule has 2 N–H and O–H groups in total. The number of H-pyrrole nitrogens is 1. The maximum absolute atomic E-state index is 13.9. The number of aromatic amines is 1. The lowest BCUT2D eigenvalue weighted by molar-refractivity contribution is 0.102. The molecule has 138 valence electrons. The topological polar surface area (TPSA) is 62.7 Å². The van der Waals surface area contributed by atoms with Gasteiger partial charge in [0.25, 0.3) is 5.91 Å². The molecule has 0 aliphatic rings. The molecule has 0 spiro atoms. The molecule has 26 heavy (non-hydrogen) atoms. The van der Waals surface area contributed by atoms with E-state index in [2.05, 4.69) is 36.2 Å². The molecule has 5 nitrogen and oxygen atoms in total. The monoisotopic (exact) mass is 356 g/mol. The first-order valence-electron chi connectivity index (χ1n) is 8.66. The maximum Gasteiger partial charge on any atom is 0.273 e. The lowest BCUT2D eigenvalue weighted by Gasteiger charge is -2.22. The smallest absolute Gasteiger partial charge is 0.273 e. The van der Waals surface area contributed by atoms with Gasteiger partial charge in [0.05, 0.1) is 11.2 Å². The van der Waals surface area contributed by atoms with Gasteiger partial charge in [-0.1, -0.05) is 26.8 Å². The van der Waals surface area contributed by atoms with E-state index in [4.69, 9.17) is 0 Å². The first-order valence-corrected chi connectivity index (χ1v) is 8.66. The predicted octanol–water partition coefficient (Wildman–Crippen LogP) is 4.81. The molecule has 0 aliphatic carbocycles. The standard InChI is InChI=1S/C20H25FN4O/c1-19(2,3)16-11-17(25(24-16)20(4,5)6)23-18(26)15-10-12-13(21)8-7-9-14(12)22-15/h7-11,22H,1-6H3,(H,23,26). The molecule has 2 aromatic heterocycles. The minimum absolute atomic E-state index is 0.139. The van der Waals surface area contributed by atoms with Gasteiger partial charge in [0, 0.05) is 22.4 Å². The van der Waals surface area contributed by atoms with Crippen LogP contribution in [0.3, 0.4) is 0 Å². The van der Waals surface area contributed by atoms with Crippen molar-refractivity contribution < 1.29 is 9.18 Å². The molecule has 0 saturated heterocycles. The zero-order valence-electron chi connectivity index (χ0n) is 16.1. The number of nitrogens with zero attached hydrogens (tertiary/aromatic N) is 2. The van der Waals surface area contributed by atoms with Crippen molar-refractivity contribution in [3.05, 3.63) is 47.5 Å². The van der Waals surface area contributed by atoms with Crippen LogP contribution in [0.2, 0.25) is 0 Å². The van der Waals surface area contributed by atoms with Crippen LogP contribution in [0.25, 0.3) is 10.9 Å². The van der Waals surface area contributed by atoms with Gasteiger partial charge in [0.1, 0.15) is 17.3 Å². The summed E-state index contributed by atoms with van der Waals surface area (Å²) in [6, 6.07) is 8.16. The number of nitrogens with one attached hydrogen (secondary N) is 2. The molecule has 0 atom stereocenters. The van der Waals surface area contributed by atoms with Crippen molar-refractivity contribution in [1.82, 2.24) is 14.8 Å². The van der Waals surface area contributed by atoms with Crippen molar-refractivity contribution >= 4 is 22.6 Å². The van der Waals surface area contributed by atoms with Gasteiger partial charge in [-0.25, -0.2) is 9.07 Å². The fourth-order valence-corrected chi connectivity index (χ4v) is 2.77. The molecule has 1 amide bonds. The summed E-state index contributed by atoms with van der Waals surface area (Å²) in [6.45, 7) is 12.3. The Morgan fingerprint density at radius 2 is 1.85 bits per heavy atom. The molecule has 6 heteroatoms. The van der Waals surface area contributed by atoms with Gasteiger partial charge >= 0.3 is 0 Å². The van der Waals surface area contributed by atoms with Crippen molar-refractivity contribution in [2.75, 3.05) is 5.32 Å². The molecular weight excluding hydrogens is 331 g/mol. The van der Waals surface area contributed by atoms with Gasteiger partial charge in [-0.2, -0.15) is 5.10 Å². The highest BCUT2D eigenvalue weighted by molar-refractivity contribution is 6.05. The quantitative estimate of drug-likeness (QED) is 0.692. The largest absolute Gasteiger partial charge is 0.350 e. The van der Waals surface area contributed by atoms with Crippen LogP contribution in [0, 0.1) is 5.82 Å². The number of rotatable bonds is 2. The average molecular weight is 356 g/mol. The molecule has 0 saturated carbocycles. The Bertz CT molecular complexity index is 970. The predicted molar refractivity (Wildman–Crippen MR) is 102 cm³/mol. The number of hydrogen-bond donors (Lipinski definition) is 2. The summed E-state index contributed by atoms with van der Waals surface area (Å²) in [5.41, 5.74) is 1.36. The number of benzene rings is 1. The summed E-state index contributed by atoms with van der Waals surface area (Å²) in [5.74, 6) is -0.0643. The molecule has 1 aromatic carbocycles. The first-order chi connectivity index (χ1) is 12.0. The lowest BCUT2D eigenvalue weighted by atomic mass is 9.92. The van der Waals surface area contributed by atoms with Crippen LogP contribution in [0.4, 0.5) is 10.2 Å². The Morgan fingerprint density at radius 1 is 1.15 bits per heavy atom. The number of halogens is 1. The van der Waals surface area contributed by atoms with Crippen molar-refractivity contribution in [2.45, 2.75) is 52.5 Å². The van der Waals surface area contributed by atoms with Crippen LogP contribution >= 0.6 is 0 Å². The van der Waals surface area contributed by atoms with Crippen molar-refractivity contribution in [3.8, 4) is 0 Å². The zero-order chi connectivity index (χ0) is 19.3. The Labute approximate surface area is 152 Å². The number of amides is 1. The third kappa shape index (κ3) is 3.36. The van der Waals surface area contributed by atoms with Gasteiger partial charge in [-0.15, -0.1) is 0 Å². The third-order valence-electron chi connectivity index (χ3n) is 4.21. The van der Waals surface area contributed by atoms with Crippen molar-refractivity contribution in [1.29, 1.82) is 0 Å².